The van der Waals surface area contributed by atoms with Gasteiger partial charge in [0.15, 0.2) is 0 Å². The molecule has 4 aromatic rings. The summed E-state index contributed by atoms with van der Waals surface area (Å²) in [4.78, 5) is 0.664. The molecular weight excluding hydrogens is 573 g/mol. The van der Waals surface area contributed by atoms with Gasteiger partial charge in [-0.3, -0.25) is 0 Å². The second kappa shape index (κ2) is 13.6. The van der Waals surface area contributed by atoms with E-state index < -0.39 is 23.7 Å². The molecule has 0 radical (unpaired) electrons. The molecule has 0 aliphatic heterocycles. The standard InChI is InChI=1S/C32H32F2N2S2.Ni/c1-19(2)23-9-5-7-11-25(23)31(35-27-15-13-21(33)17-29(27)37)32(26-12-8-6-10-24(26)20(3)4)36-28-16-14-22(34)18-30(28)38;/h5-20,31-32,37-38H,1-4H3;/q-2;/p-2. The average molecular weight is 603 g/mol. The van der Waals surface area contributed by atoms with Crippen LogP contribution in [0.5, 0.6) is 0 Å². The summed E-state index contributed by atoms with van der Waals surface area (Å²) in [6, 6.07) is 23.9. The van der Waals surface area contributed by atoms with E-state index >= 15 is 0 Å². The van der Waals surface area contributed by atoms with E-state index in [4.69, 9.17) is 35.9 Å². The molecule has 208 valence electrons. The number of benzene rings is 4. The number of halogens is 2. The molecule has 39 heavy (non-hydrogen) atoms. The molecule has 0 aliphatic rings. The van der Waals surface area contributed by atoms with Crippen molar-refractivity contribution in [1.82, 2.24) is 0 Å². The van der Waals surface area contributed by atoms with Gasteiger partial charge in [0.1, 0.15) is 11.6 Å². The van der Waals surface area contributed by atoms with Crippen LogP contribution < -0.4 is 0 Å². The summed E-state index contributed by atoms with van der Waals surface area (Å²) in [5.74, 6) is -0.356. The Labute approximate surface area is 251 Å². The molecule has 0 saturated carbocycles. The van der Waals surface area contributed by atoms with Crippen LogP contribution in [0.15, 0.2) is 94.7 Å². The Morgan fingerprint density at radius 3 is 1.18 bits per heavy atom. The summed E-state index contributed by atoms with van der Waals surface area (Å²) < 4.78 is 27.9. The topological polar surface area (TPSA) is 28.2 Å². The first kappa shape index (κ1) is 30.8. The molecular formula is C32H30F2N2NiS2-4. The summed E-state index contributed by atoms with van der Waals surface area (Å²) in [5, 5.41) is 10.3. The van der Waals surface area contributed by atoms with Crippen LogP contribution >= 0.6 is 0 Å². The zero-order valence-electron chi connectivity index (χ0n) is 22.2. The molecule has 0 saturated heterocycles. The third kappa shape index (κ3) is 7.27. The van der Waals surface area contributed by atoms with Gasteiger partial charge in [0.05, 0.1) is 0 Å². The summed E-state index contributed by atoms with van der Waals surface area (Å²) >= 11 is 11.0. The SMILES string of the molecule is CC(C)c1ccccc1C([N-]c1ccc(F)cc1[S-])C([N-]c1ccc(F)cc1[S-])c1ccccc1C(C)C.[Ni]. The van der Waals surface area contributed by atoms with Gasteiger partial charge in [0.25, 0.3) is 0 Å². The van der Waals surface area contributed by atoms with Gasteiger partial charge in [-0.1, -0.05) is 99.5 Å². The van der Waals surface area contributed by atoms with Crippen molar-refractivity contribution in [3.05, 3.63) is 129 Å². The van der Waals surface area contributed by atoms with Crippen molar-refractivity contribution in [2.75, 3.05) is 0 Å². The van der Waals surface area contributed by atoms with E-state index in [1.54, 1.807) is 12.1 Å². The van der Waals surface area contributed by atoms with Gasteiger partial charge in [0, 0.05) is 16.5 Å². The van der Waals surface area contributed by atoms with Crippen molar-refractivity contribution in [3.8, 4) is 0 Å². The van der Waals surface area contributed by atoms with Crippen LogP contribution in [0, 0.1) is 11.6 Å². The van der Waals surface area contributed by atoms with Gasteiger partial charge in [-0.05, 0) is 47.2 Å². The van der Waals surface area contributed by atoms with Crippen LogP contribution in [-0.2, 0) is 41.7 Å². The minimum Gasteiger partial charge on any atom is -0.781 e. The van der Waals surface area contributed by atoms with Crippen LogP contribution in [0.2, 0.25) is 0 Å². The maximum absolute atomic E-state index is 13.9. The molecule has 7 heteroatoms. The average Bonchev–Trinajstić information content (AvgIpc) is 2.88. The van der Waals surface area contributed by atoms with E-state index in [9.17, 15) is 8.78 Å². The second-order valence-electron chi connectivity index (χ2n) is 9.94. The van der Waals surface area contributed by atoms with Crippen LogP contribution in [-0.4, -0.2) is 0 Å². The molecule has 0 N–H and O–H groups in total. The minimum absolute atomic E-state index is 0. The van der Waals surface area contributed by atoms with Crippen molar-refractivity contribution in [2.24, 2.45) is 0 Å². The normalized spacial score (nSPS) is 12.6. The monoisotopic (exact) mass is 602 g/mol. The van der Waals surface area contributed by atoms with Crippen LogP contribution in [0.1, 0.15) is 73.9 Å². The predicted molar refractivity (Wildman–Crippen MR) is 157 cm³/mol. The molecule has 4 aromatic carbocycles. The van der Waals surface area contributed by atoms with Gasteiger partial charge in [-0.15, -0.1) is 12.1 Å². The number of rotatable bonds is 9. The molecule has 0 fully saturated rings. The molecule has 2 unspecified atom stereocenters. The van der Waals surface area contributed by atoms with E-state index in [-0.39, 0.29) is 28.3 Å². The first-order valence-electron chi connectivity index (χ1n) is 12.7. The molecule has 4 rings (SSSR count). The second-order valence-corrected chi connectivity index (χ2v) is 10.8. The van der Waals surface area contributed by atoms with Crippen LogP contribution in [0.3, 0.4) is 0 Å². The largest absolute Gasteiger partial charge is 0.781 e. The molecule has 0 aromatic heterocycles. The van der Waals surface area contributed by atoms with Crippen molar-refractivity contribution in [2.45, 2.75) is 61.4 Å². The van der Waals surface area contributed by atoms with E-state index in [0.29, 0.717) is 21.2 Å². The fourth-order valence-corrected chi connectivity index (χ4v) is 5.19. The maximum Gasteiger partial charge on any atom is 0.121 e. The molecule has 0 bridgehead atoms. The van der Waals surface area contributed by atoms with Crippen molar-refractivity contribution in [1.29, 1.82) is 0 Å². The van der Waals surface area contributed by atoms with Gasteiger partial charge < -0.3 is 35.9 Å². The molecule has 0 heterocycles. The minimum atomic E-state index is -0.500. The van der Waals surface area contributed by atoms with Crippen molar-refractivity contribution >= 4 is 36.6 Å². The Morgan fingerprint density at radius 1 is 0.538 bits per heavy atom. The fourth-order valence-electron chi connectivity index (χ4n) is 4.72. The first-order valence-corrected chi connectivity index (χ1v) is 13.5. The first-order chi connectivity index (χ1) is 18.2. The van der Waals surface area contributed by atoms with Gasteiger partial charge in [0.2, 0.25) is 0 Å². The van der Waals surface area contributed by atoms with E-state index in [1.165, 1.54) is 24.3 Å². The summed E-state index contributed by atoms with van der Waals surface area (Å²) in [6.45, 7) is 8.56. The predicted octanol–water partition coefficient (Wildman–Crippen LogP) is 10.2. The third-order valence-electron chi connectivity index (χ3n) is 6.57. The Hall–Kier alpha value is -2.73. The Morgan fingerprint density at radius 2 is 0.872 bits per heavy atom. The third-order valence-corrected chi connectivity index (χ3v) is 7.23. The summed E-state index contributed by atoms with van der Waals surface area (Å²) in [5.41, 5.74) is 5.31. The molecule has 0 amide bonds. The Bertz CT molecular complexity index is 1300. The zero-order chi connectivity index (χ0) is 27.4. The van der Waals surface area contributed by atoms with Crippen molar-refractivity contribution < 1.29 is 25.3 Å². The smallest absolute Gasteiger partial charge is 0.121 e. The van der Waals surface area contributed by atoms with E-state index in [2.05, 4.69) is 52.0 Å². The maximum atomic E-state index is 13.9. The van der Waals surface area contributed by atoms with Crippen molar-refractivity contribution in [3.63, 3.8) is 0 Å². The van der Waals surface area contributed by atoms with Gasteiger partial charge in [-0.2, -0.15) is 21.2 Å². The molecule has 0 spiro atoms. The Balaban J connectivity index is 0.00000420. The Kier molecular flexibility index (Phi) is 10.7. The quantitative estimate of drug-likeness (QED) is 0.141. The van der Waals surface area contributed by atoms with Crippen LogP contribution in [0.25, 0.3) is 10.6 Å². The summed E-state index contributed by atoms with van der Waals surface area (Å²) in [6.07, 6.45) is 0. The molecule has 0 aliphatic carbocycles. The van der Waals surface area contributed by atoms with E-state index in [0.717, 1.165) is 22.3 Å². The van der Waals surface area contributed by atoms with Gasteiger partial charge in [-0.25, -0.2) is 8.78 Å². The van der Waals surface area contributed by atoms with Gasteiger partial charge >= 0.3 is 0 Å². The van der Waals surface area contributed by atoms with Crippen LogP contribution in [0.4, 0.5) is 20.2 Å². The number of hydrogen-bond donors (Lipinski definition) is 0. The van der Waals surface area contributed by atoms with E-state index in [1.807, 2.05) is 24.3 Å². The zero-order valence-corrected chi connectivity index (χ0v) is 24.8. The molecule has 2 atom stereocenters. The number of hydrogen-bond acceptors (Lipinski definition) is 2. The fraction of sp³-hybridized carbons (Fsp3) is 0.250. The molecule has 2 nitrogen and oxygen atoms in total. The number of nitrogens with zero attached hydrogens (tertiary/aromatic N) is 2. The summed E-state index contributed by atoms with van der Waals surface area (Å²) in [7, 11) is 0.